The highest BCUT2D eigenvalue weighted by Crippen LogP contribution is 2.29. The molecule has 1 aromatic rings. The summed E-state index contributed by atoms with van der Waals surface area (Å²) in [5.74, 6) is 0.282. The molecule has 2 amide bonds. The standard InChI is InChI=1S/C22H30N4O4/c1-4-10-25-11-13-26(14-12-25)15-18-19(21(27)29-3)20(24-22(28)23-18)16-6-8-17(9-7-16)30-5-2/h4,6-9,20H,1,5,10-15H2,2-3H3,(H2,23,24,28)/t20-/m0/s1. The van der Waals surface area contributed by atoms with Crippen molar-refractivity contribution < 1.29 is 19.1 Å². The van der Waals surface area contributed by atoms with Gasteiger partial charge in [0, 0.05) is 45.0 Å². The monoisotopic (exact) mass is 414 g/mol. The van der Waals surface area contributed by atoms with Crippen LogP contribution in [-0.2, 0) is 9.53 Å². The highest BCUT2D eigenvalue weighted by Gasteiger charge is 2.34. The van der Waals surface area contributed by atoms with Crippen molar-refractivity contribution in [3.8, 4) is 5.75 Å². The van der Waals surface area contributed by atoms with Crippen LogP contribution in [-0.4, -0.2) is 74.8 Å². The molecule has 0 saturated carbocycles. The van der Waals surface area contributed by atoms with E-state index >= 15 is 0 Å². The Labute approximate surface area is 177 Å². The first kappa shape index (κ1) is 21.9. The number of benzene rings is 1. The van der Waals surface area contributed by atoms with Crippen LogP contribution in [0.25, 0.3) is 0 Å². The van der Waals surface area contributed by atoms with Crippen LogP contribution in [0.2, 0.25) is 0 Å². The number of nitrogens with one attached hydrogen (secondary N) is 2. The number of nitrogens with zero attached hydrogens (tertiary/aromatic N) is 2. The van der Waals surface area contributed by atoms with Crippen molar-refractivity contribution in [3.63, 3.8) is 0 Å². The van der Waals surface area contributed by atoms with E-state index in [-0.39, 0.29) is 6.03 Å². The van der Waals surface area contributed by atoms with Gasteiger partial charge in [-0.15, -0.1) is 6.58 Å². The molecule has 1 aromatic carbocycles. The van der Waals surface area contributed by atoms with E-state index in [2.05, 4.69) is 27.0 Å². The van der Waals surface area contributed by atoms with Gasteiger partial charge >= 0.3 is 12.0 Å². The number of methoxy groups -OCH3 is 1. The largest absolute Gasteiger partial charge is 0.494 e. The fraction of sp³-hybridized carbons (Fsp3) is 0.455. The van der Waals surface area contributed by atoms with Gasteiger partial charge in [-0.2, -0.15) is 0 Å². The summed E-state index contributed by atoms with van der Waals surface area (Å²) in [6, 6.07) is 6.47. The maximum Gasteiger partial charge on any atom is 0.338 e. The maximum absolute atomic E-state index is 12.7. The summed E-state index contributed by atoms with van der Waals surface area (Å²) in [6.07, 6.45) is 1.90. The average molecular weight is 415 g/mol. The molecule has 8 heteroatoms. The summed E-state index contributed by atoms with van der Waals surface area (Å²) in [7, 11) is 1.35. The Hall–Kier alpha value is -2.84. The number of carbonyl (C=O) groups excluding carboxylic acids is 2. The first-order chi connectivity index (χ1) is 14.5. The lowest BCUT2D eigenvalue weighted by Gasteiger charge is -2.36. The van der Waals surface area contributed by atoms with E-state index < -0.39 is 12.0 Å². The third kappa shape index (κ3) is 5.20. The number of piperazine rings is 1. The zero-order valence-corrected chi connectivity index (χ0v) is 17.6. The molecule has 1 atom stereocenters. The summed E-state index contributed by atoms with van der Waals surface area (Å²) in [4.78, 5) is 29.6. The Kier molecular flexibility index (Phi) is 7.48. The first-order valence-corrected chi connectivity index (χ1v) is 10.2. The molecule has 0 aromatic heterocycles. The van der Waals surface area contributed by atoms with E-state index in [4.69, 9.17) is 9.47 Å². The number of esters is 1. The molecule has 2 aliphatic rings. The predicted molar refractivity (Wildman–Crippen MR) is 114 cm³/mol. The second-order valence-electron chi connectivity index (χ2n) is 7.28. The van der Waals surface area contributed by atoms with Gasteiger partial charge < -0.3 is 20.1 Å². The zero-order valence-electron chi connectivity index (χ0n) is 17.6. The molecule has 0 unspecified atom stereocenters. The minimum absolute atomic E-state index is 0.332. The topological polar surface area (TPSA) is 83.1 Å². The van der Waals surface area contributed by atoms with Crippen LogP contribution in [0.3, 0.4) is 0 Å². The number of hydrogen-bond donors (Lipinski definition) is 2. The number of hydrogen-bond acceptors (Lipinski definition) is 6. The predicted octanol–water partition coefficient (Wildman–Crippen LogP) is 1.67. The van der Waals surface area contributed by atoms with Crippen LogP contribution >= 0.6 is 0 Å². The number of carbonyl (C=O) groups is 2. The third-order valence-corrected chi connectivity index (χ3v) is 5.32. The molecule has 0 bridgehead atoms. The smallest absolute Gasteiger partial charge is 0.338 e. The van der Waals surface area contributed by atoms with Gasteiger partial charge in [-0.25, -0.2) is 9.59 Å². The molecular weight excluding hydrogens is 384 g/mol. The molecule has 162 valence electrons. The summed E-state index contributed by atoms with van der Waals surface area (Å²) in [5, 5.41) is 5.68. The Morgan fingerprint density at radius 2 is 1.87 bits per heavy atom. The Bertz CT molecular complexity index is 798. The molecule has 1 saturated heterocycles. The number of rotatable bonds is 8. The quantitative estimate of drug-likeness (QED) is 0.497. The van der Waals surface area contributed by atoms with E-state index in [1.165, 1.54) is 7.11 Å². The van der Waals surface area contributed by atoms with E-state index in [1.54, 1.807) is 0 Å². The van der Waals surface area contributed by atoms with Gasteiger partial charge in [0.05, 0.1) is 25.3 Å². The fourth-order valence-corrected chi connectivity index (χ4v) is 3.80. The van der Waals surface area contributed by atoms with Gasteiger partial charge in [0.2, 0.25) is 0 Å². The molecule has 2 heterocycles. The lowest BCUT2D eigenvalue weighted by molar-refractivity contribution is -0.136. The van der Waals surface area contributed by atoms with E-state index in [1.807, 2.05) is 37.3 Å². The molecular formula is C22H30N4O4. The number of urea groups is 1. The third-order valence-electron chi connectivity index (χ3n) is 5.32. The molecule has 3 rings (SSSR count). The second-order valence-corrected chi connectivity index (χ2v) is 7.28. The summed E-state index contributed by atoms with van der Waals surface area (Å²) in [6.45, 7) is 11.2. The minimum atomic E-state index is -0.584. The maximum atomic E-state index is 12.7. The van der Waals surface area contributed by atoms with E-state index in [0.717, 1.165) is 44.0 Å². The molecule has 30 heavy (non-hydrogen) atoms. The van der Waals surface area contributed by atoms with Crippen molar-refractivity contribution >= 4 is 12.0 Å². The van der Waals surface area contributed by atoms with Crippen LogP contribution in [0.1, 0.15) is 18.5 Å². The molecule has 2 N–H and O–H groups in total. The van der Waals surface area contributed by atoms with E-state index in [0.29, 0.717) is 24.4 Å². The van der Waals surface area contributed by atoms with Gasteiger partial charge in [-0.1, -0.05) is 18.2 Å². The molecule has 2 aliphatic heterocycles. The molecule has 1 fully saturated rings. The van der Waals surface area contributed by atoms with Crippen LogP contribution in [0.5, 0.6) is 5.75 Å². The van der Waals surface area contributed by atoms with Crippen LogP contribution in [0, 0.1) is 0 Å². The van der Waals surface area contributed by atoms with Gasteiger partial charge in [0.25, 0.3) is 0 Å². The summed E-state index contributed by atoms with van der Waals surface area (Å²) >= 11 is 0. The van der Waals surface area contributed by atoms with Crippen molar-refractivity contribution in [2.45, 2.75) is 13.0 Å². The van der Waals surface area contributed by atoms with Crippen molar-refractivity contribution in [1.82, 2.24) is 20.4 Å². The first-order valence-electron chi connectivity index (χ1n) is 10.2. The molecule has 8 nitrogen and oxygen atoms in total. The van der Waals surface area contributed by atoms with Gasteiger partial charge in [0.1, 0.15) is 5.75 Å². The van der Waals surface area contributed by atoms with Gasteiger partial charge in [-0.05, 0) is 24.6 Å². The Morgan fingerprint density at radius 1 is 1.20 bits per heavy atom. The Balaban J connectivity index is 1.84. The highest BCUT2D eigenvalue weighted by atomic mass is 16.5. The van der Waals surface area contributed by atoms with Crippen LogP contribution < -0.4 is 15.4 Å². The lowest BCUT2D eigenvalue weighted by atomic mass is 9.95. The average Bonchev–Trinajstić information content (AvgIpc) is 2.75. The van der Waals surface area contributed by atoms with Crippen molar-refractivity contribution in [2.75, 3.05) is 53.0 Å². The van der Waals surface area contributed by atoms with Crippen molar-refractivity contribution in [1.29, 1.82) is 0 Å². The SMILES string of the molecule is C=CCN1CCN(CC2=C(C(=O)OC)[C@H](c3ccc(OCC)cc3)NC(=O)N2)CC1. The Morgan fingerprint density at radius 3 is 2.47 bits per heavy atom. The highest BCUT2D eigenvalue weighted by molar-refractivity contribution is 5.95. The lowest BCUT2D eigenvalue weighted by Crippen LogP contribution is -2.51. The molecule has 0 aliphatic carbocycles. The molecule has 0 radical (unpaired) electrons. The fourth-order valence-electron chi connectivity index (χ4n) is 3.80. The van der Waals surface area contributed by atoms with Gasteiger partial charge in [-0.3, -0.25) is 9.80 Å². The minimum Gasteiger partial charge on any atom is -0.494 e. The number of amides is 2. The van der Waals surface area contributed by atoms with Crippen LogP contribution in [0.15, 0.2) is 48.2 Å². The normalized spacial score (nSPS) is 20.3. The summed E-state index contributed by atoms with van der Waals surface area (Å²) < 4.78 is 10.5. The van der Waals surface area contributed by atoms with Gasteiger partial charge in [0.15, 0.2) is 0 Å². The van der Waals surface area contributed by atoms with Crippen LogP contribution in [0.4, 0.5) is 4.79 Å². The summed E-state index contributed by atoms with van der Waals surface area (Å²) in [5.41, 5.74) is 1.80. The van der Waals surface area contributed by atoms with Crippen molar-refractivity contribution in [2.24, 2.45) is 0 Å². The number of ether oxygens (including phenoxy) is 2. The van der Waals surface area contributed by atoms with E-state index in [9.17, 15) is 9.59 Å². The molecule has 0 spiro atoms. The second kappa shape index (κ2) is 10.3. The van der Waals surface area contributed by atoms with Crippen molar-refractivity contribution in [3.05, 3.63) is 53.8 Å². The zero-order chi connectivity index (χ0) is 21.5.